The zero-order chi connectivity index (χ0) is 27.7. The molecule has 0 rings (SSSR count). The number of nitrogens with zero attached hydrogens (tertiary/aromatic N) is 2. The first-order valence-electron chi connectivity index (χ1n) is 15.3. The maximum absolute atomic E-state index is 13.0. The highest BCUT2D eigenvalue weighted by Crippen LogP contribution is 2.20. The third-order valence-electron chi connectivity index (χ3n) is 6.94. The van der Waals surface area contributed by atoms with Gasteiger partial charge in [0.05, 0.1) is 26.3 Å². The fourth-order valence-electron chi connectivity index (χ4n) is 4.20. The summed E-state index contributed by atoms with van der Waals surface area (Å²) in [7, 11) is 5.78. The number of carbonyl (C=O) groups excluding carboxylic acids is 3. The van der Waals surface area contributed by atoms with Crippen molar-refractivity contribution in [3.05, 3.63) is 0 Å². The number of carbonyl (C=O) groups is 3. The lowest BCUT2D eigenvalue weighted by Crippen LogP contribution is -3.00. The highest BCUT2D eigenvalue weighted by Gasteiger charge is 2.45. The van der Waals surface area contributed by atoms with Crippen molar-refractivity contribution in [1.29, 1.82) is 0 Å². The molecule has 0 fully saturated rings. The van der Waals surface area contributed by atoms with Gasteiger partial charge in [0.2, 0.25) is 0 Å². The van der Waals surface area contributed by atoms with Crippen LogP contribution in [0.2, 0.25) is 0 Å². The summed E-state index contributed by atoms with van der Waals surface area (Å²) >= 11 is 0. The minimum absolute atomic E-state index is 0. The molecule has 37 heavy (non-hydrogen) atoms. The van der Waals surface area contributed by atoms with Crippen LogP contribution in [0.3, 0.4) is 0 Å². The van der Waals surface area contributed by atoms with Crippen molar-refractivity contribution < 1.29 is 31.3 Å². The SMILES string of the molecule is CCCCCCCC(=O)[N+](C)(C(=O)CCCCCCC)C(=O)CCCCCCC.CCCCN(C)C.[Cl-]. The summed E-state index contributed by atoms with van der Waals surface area (Å²) in [5, 5.41) is 0. The Hall–Kier alpha value is -0.780. The third-order valence-corrected chi connectivity index (χ3v) is 6.94. The summed E-state index contributed by atoms with van der Waals surface area (Å²) in [6.45, 7) is 9.94. The summed E-state index contributed by atoms with van der Waals surface area (Å²) in [4.78, 5) is 41.2. The number of amides is 3. The smallest absolute Gasteiger partial charge is 0.328 e. The molecule has 0 saturated carbocycles. The average molecular weight is 547 g/mol. The molecule has 0 atom stereocenters. The molecule has 0 saturated heterocycles. The van der Waals surface area contributed by atoms with E-state index in [-0.39, 0.29) is 30.1 Å². The molecule has 0 radical (unpaired) electrons. The van der Waals surface area contributed by atoms with Gasteiger partial charge in [-0.3, -0.25) is 0 Å². The lowest BCUT2D eigenvalue weighted by molar-refractivity contribution is -0.681. The van der Waals surface area contributed by atoms with E-state index >= 15 is 0 Å². The van der Waals surface area contributed by atoms with E-state index < -0.39 is 4.48 Å². The molecule has 0 aliphatic rings. The molecule has 6 heteroatoms. The minimum atomic E-state index is -0.602. The Kier molecular flexibility index (Phi) is 31.1. The van der Waals surface area contributed by atoms with E-state index in [0.717, 1.165) is 77.0 Å². The van der Waals surface area contributed by atoms with Crippen molar-refractivity contribution in [2.45, 2.75) is 156 Å². The van der Waals surface area contributed by atoms with Gasteiger partial charge in [0.15, 0.2) is 0 Å². The van der Waals surface area contributed by atoms with Crippen molar-refractivity contribution in [2.24, 2.45) is 0 Å². The summed E-state index contributed by atoms with van der Waals surface area (Å²) in [6, 6.07) is 0. The summed E-state index contributed by atoms with van der Waals surface area (Å²) in [6.07, 6.45) is 19.3. The number of halogens is 1. The predicted molar refractivity (Wildman–Crippen MR) is 155 cm³/mol. The molecule has 0 aromatic carbocycles. The van der Waals surface area contributed by atoms with Gasteiger partial charge in [0, 0.05) is 0 Å². The third kappa shape index (κ3) is 21.8. The van der Waals surface area contributed by atoms with Crippen molar-refractivity contribution in [1.82, 2.24) is 4.90 Å². The van der Waals surface area contributed by atoms with Gasteiger partial charge in [-0.1, -0.05) is 111 Å². The van der Waals surface area contributed by atoms with Crippen molar-refractivity contribution in [3.63, 3.8) is 0 Å². The number of quaternary nitrogens is 1. The number of unbranched alkanes of at least 4 members (excludes halogenated alkanes) is 13. The molecule has 0 heterocycles. The van der Waals surface area contributed by atoms with Gasteiger partial charge in [-0.2, -0.15) is 0 Å². The number of hydrogen-bond acceptors (Lipinski definition) is 4. The van der Waals surface area contributed by atoms with Crippen molar-refractivity contribution in [2.75, 3.05) is 27.7 Å². The lowest BCUT2D eigenvalue weighted by atomic mass is 10.1. The second-order valence-electron chi connectivity index (χ2n) is 10.8. The molecule has 0 aliphatic carbocycles. The van der Waals surface area contributed by atoms with E-state index in [1.165, 1.54) is 38.6 Å². The van der Waals surface area contributed by atoms with Gasteiger partial charge in [-0.15, -0.1) is 4.48 Å². The topological polar surface area (TPSA) is 54.5 Å². The zero-order valence-corrected chi connectivity index (χ0v) is 26.6. The Bertz CT molecular complexity index is 488. The highest BCUT2D eigenvalue weighted by molar-refractivity contribution is 5.97. The van der Waals surface area contributed by atoms with Crippen LogP contribution in [0.15, 0.2) is 0 Å². The molecule has 0 N–H and O–H groups in total. The van der Waals surface area contributed by atoms with Gasteiger partial charge in [-0.25, -0.2) is 14.4 Å². The summed E-state index contributed by atoms with van der Waals surface area (Å²) < 4.78 is -0.602. The molecule has 0 bridgehead atoms. The first-order chi connectivity index (χ1) is 17.2. The number of hydrogen-bond donors (Lipinski definition) is 0. The first-order valence-corrected chi connectivity index (χ1v) is 15.3. The van der Waals surface area contributed by atoms with Crippen LogP contribution in [0.25, 0.3) is 0 Å². The van der Waals surface area contributed by atoms with Gasteiger partial charge in [0.1, 0.15) is 0 Å². The predicted octanol–water partition coefficient (Wildman–Crippen LogP) is 5.45. The molecule has 0 unspecified atom stereocenters. The van der Waals surface area contributed by atoms with Gasteiger partial charge in [-0.05, 0) is 46.3 Å². The minimum Gasteiger partial charge on any atom is -1.00 e. The van der Waals surface area contributed by atoms with Gasteiger partial charge < -0.3 is 17.3 Å². The zero-order valence-electron chi connectivity index (χ0n) is 25.8. The van der Waals surface area contributed by atoms with Crippen molar-refractivity contribution >= 4 is 17.7 Å². The van der Waals surface area contributed by atoms with E-state index in [1.807, 2.05) is 0 Å². The van der Waals surface area contributed by atoms with Crippen LogP contribution in [0.5, 0.6) is 0 Å². The first kappa shape index (κ1) is 40.7. The molecular formula is C31H63ClN2O3. The van der Waals surface area contributed by atoms with E-state index in [4.69, 9.17) is 0 Å². The Morgan fingerprint density at radius 2 is 0.757 bits per heavy atom. The van der Waals surface area contributed by atoms with Gasteiger partial charge in [0.25, 0.3) is 0 Å². The standard InChI is InChI=1S/C25H48NO3.C6H15N.ClH/c1-5-8-11-14-17-20-23(27)26(4,24(28)21-18-15-12-9-6-2)25(29)22-19-16-13-10-7-3;1-4-5-6-7(2)3;/h5-22H2,1-4H3;4-6H2,1-3H3;1H/q+1;;/p-1. The molecule has 0 aliphatic heterocycles. The largest absolute Gasteiger partial charge is 1.00 e. The molecule has 0 spiro atoms. The second-order valence-corrected chi connectivity index (χ2v) is 10.8. The molecule has 0 aromatic rings. The van der Waals surface area contributed by atoms with E-state index in [0.29, 0.717) is 19.3 Å². The molecule has 0 aromatic heterocycles. The fourth-order valence-corrected chi connectivity index (χ4v) is 4.20. The molecule has 5 nitrogen and oxygen atoms in total. The Morgan fingerprint density at radius 3 is 0.973 bits per heavy atom. The highest BCUT2D eigenvalue weighted by atomic mass is 35.5. The summed E-state index contributed by atoms with van der Waals surface area (Å²) in [5.41, 5.74) is 0. The van der Waals surface area contributed by atoms with Crippen LogP contribution in [0, 0.1) is 0 Å². The van der Waals surface area contributed by atoms with Gasteiger partial charge >= 0.3 is 17.7 Å². The molecule has 222 valence electrons. The van der Waals surface area contributed by atoms with Crippen molar-refractivity contribution in [3.8, 4) is 0 Å². The monoisotopic (exact) mass is 546 g/mol. The number of imide groups is 3. The quantitative estimate of drug-likeness (QED) is 0.142. The van der Waals surface area contributed by atoms with E-state index in [2.05, 4.69) is 46.7 Å². The van der Waals surface area contributed by atoms with Crippen LogP contribution in [-0.4, -0.2) is 54.8 Å². The van der Waals surface area contributed by atoms with Crippen LogP contribution in [0.1, 0.15) is 156 Å². The average Bonchev–Trinajstić information content (AvgIpc) is 2.86. The van der Waals surface area contributed by atoms with Crippen LogP contribution in [0.4, 0.5) is 0 Å². The van der Waals surface area contributed by atoms with E-state index in [9.17, 15) is 14.4 Å². The normalized spacial score (nSPS) is 11.0. The van der Waals surface area contributed by atoms with Crippen LogP contribution < -0.4 is 12.4 Å². The van der Waals surface area contributed by atoms with E-state index in [1.54, 1.807) is 7.05 Å². The van der Waals surface area contributed by atoms with Crippen LogP contribution in [-0.2, 0) is 14.4 Å². The lowest BCUT2D eigenvalue weighted by Gasteiger charge is -2.26. The Morgan fingerprint density at radius 1 is 0.486 bits per heavy atom. The second kappa shape index (κ2) is 28.2. The maximum atomic E-state index is 13.0. The summed E-state index contributed by atoms with van der Waals surface area (Å²) in [5.74, 6) is -0.587. The Labute approximate surface area is 237 Å². The Balaban J connectivity index is -0.00000126. The fraction of sp³-hybridized carbons (Fsp3) is 0.903. The molecule has 3 amide bonds. The number of rotatable bonds is 21. The van der Waals surface area contributed by atoms with Crippen LogP contribution >= 0.6 is 0 Å². The maximum Gasteiger partial charge on any atom is 0.328 e. The molecular weight excluding hydrogens is 484 g/mol.